The molecule has 0 saturated carbocycles. The van der Waals surface area contributed by atoms with Gasteiger partial charge in [0.15, 0.2) is 5.75 Å². The van der Waals surface area contributed by atoms with E-state index < -0.39 is 0 Å². The lowest BCUT2D eigenvalue weighted by atomic mass is 10.1. The number of halogens is 2. The van der Waals surface area contributed by atoms with Gasteiger partial charge in [-0.2, -0.15) is 0 Å². The highest BCUT2D eigenvalue weighted by Gasteiger charge is 2.26. The molecule has 1 fully saturated rings. The molecule has 1 amide bonds. The molecule has 0 aromatic heterocycles. The summed E-state index contributed by atoms with van der Waals surface area (Å²) in [6, 6.07) is 3.26. The van der Waals surface area contributed by atoms with Crippen LogP contribution in [0.2, 0.25) is 10.0 Å². The lowest BCUT2D eigenvalue weighted by molar-refractivity contribution is 0.0640. The van der Waals surface area contributed by atoms with Crippen molar-refractivity contribution in [1.82, 2.24) is 9.80 Å². The standard InChI is InChI=1S/C14H18Cl2N2O2/c1-3-17-6-8-18(9-7-17)14(19)12-10(15)4-5-11(16)13(12)20-2/h4-5H,3,6-9H2,1-2H3. The first-order chi connectivity index (χ1) is 9.58. The van der Waals surface area contributed by atoms with E-state index >= 15 is 0 Å². The number of methoxy groups -OCH3 is 1. The van der Waals surface area contributed by atoms with Crippen molar-refractivity contribution in [3.63, 3.8) is 0 Å². The maximum atomic E-state index is 12.6. The Balaban J connectivity index is 2.24. The van der Waals surface area contributed by atoms with E-state index in [0.717, 1.165) is 19.6 Å². The van der Waals surface area contributed by atoms with Crippen molar-refractivity contribution >= 4 is 29.1 Å². The van der Waals surface area contributed by atoms with Crippen molar-refractivity contribution in [2.45, 2.75) is 6.92 Å². The molecular weight excluding hydrogens is 299 g/mol. The maximum Gasteiger partial charge on any atom is 0.259 e. The number of benzene rings is 1. The largest absolute Gasteiger partial charge is 0.494 e. The van der Waals surface area contributed by atoms with Crippen molar-refractivity contribution in [2.24, 2.45) is 0 Å². The van der Waals surface area contributed by atoms with Crippen molar-refractivity contribution < 1.29 is 9.53 Å². The van der Waals surface area contributed by atoms with Crippen LogP contribution in [0.4, 0.5) is 0 Å². The van der Waals surface area contributed by atoms with E-state index in [1.165, 1.54) is 7.11 Å². The van der Waals surface area contributed by atoms with E-state index in [1.807, 2.05) is 0 Å². The third kappa shape index (κ3) is 3.03. The molecule has 6 heteroatoms. The highest BCUT2D eigenvalue weighted by Crippen LogP contribution is 2.34. The molecule has 0 N–H and O–H groups in total. The third-order valence-corrected chi connectivity index (χ3v) is 4.20. The number of likely N-dealkylation sites (N-methyl/N-ethyl adjacent to an activating group) is 1. The van der Waals surface area contributed by atoms with Gasteiger partial charge in [0.05, 0.1) is 17.2 Å². The van der Waals surface area contributed by atoms with Crippen LogP contribution in [0.1, 0.15) is 17.3 Å². The molecule has 1 heterocycles. The number of amides is 1. The van der Waals surface area contributed by atoms with Crippen LogP contribution in [0, 0.1) is 0 Å². The summed E-state index contributed by atoms with van der Waals surface area (Å²) in [4.78, 5) is 16.7. The first-order valence-corrected chi connectivity index (χ1v) is 7.37. The lowest BCUT2D eigenvalue weighted by Gasteiger charge is -2.34. The van der Waals surface area contributed by atoms with Crippen molar-refractivity contribution in [2.75, 3.05) is 39.8 Å². The number of ether oxygens (including phenoxy) is 1. The van der Waals surface area contributed by atoms with Crippen molar-refractivity contribution in [3.8, 4) is 5.75 Å². The van der Waals surface area contributed by atoms with Crippen molar-refractivity contribution in [3.05, 3.63) is 27.7 Å². The Bertz CT molecular complexity index is 500. The van der Waals surface area contributed by atoms with Crippen LogP contribution in [-0.2, 0) is 0 Å². The number of nitrogens with zero attached hydrogens (tertiary/aromatic N) is 2. The summed E-state index contributed by atoms with van der Waals surface area (Å²) in [5, 5.41) is 0.765. The summed E-state index contributed by atoms with van der Waals surface area (Å²) >= 11 is 12.2. The van der Waals surface area contributed by atoms with Gasteiger partial charge >= 0.3 is 0 Å². The number of hydrogen-bond donors (Lipinski definition) is 0. The zero-order valence-corrected chi connectivity index (χ0v) is 13.2. The zero-order valence-electron chi connectivity index (χ0n) is 11.7. The fourth-order valence-electron chi connectivity index (χ4n) is 2.36. The minimum Gasteiger partial charge on any atom is -0.494 e. The van der Waals surface area contributed by atoms with Gasteiger partial charge in [-0.3, -0.25) is 4.79 Å². The normalized spacial score (nSPS) is 16.3. The topological polar surface area (TPSA) is 32.8 Å². The van der Waals surface area contributed by atoms with Gasteiger partial charge in [0.25, 0.3) is 5.91 Å². The van der Waals surface area contributed by atoms with Crippen LogP contribution >= 0.6 is 23.2 Å². The van der Waals surface area contributed by atoms with Gasteiger partial charge in [0.1, 0.15) is 5.56 Å². The van der Waals surface area contributed by atoms with Gasteiger partial charge < -0.3 is 14.5 Å². The maximum absolute atomic E-state index is 12.6. The molecule has 1 aromatic rings. The summed E-state index contributed by atoms with van der Waals surface area (Å²) in [6.07, 6.45) is 0. The SMILES string of the molecule is CCN1CCN(C(=O)c2c(Cl)ccc(Cl)c2OC)CC1. The fraction of sp³-hybridized carbons (Fsp3) is 0.500. The number of carbonyl (C=O) groups excluding carboxylic acids is 1. The molecule has 20 heavy (non-hydrogen) atoms. The molecular formula is C14H18Cl2N2O2. The van der Waals surface area contributed by atoms with Crippen LogP contribution in [0.25, 0.3) is 0 Å². The fourth-order valence-corrected chi connectivity index (χ4v) is 2.82. The van der Waals surface area contributed by atoms with E-state index in [-0.39, 0.29) is 5.91 Å². The molecule has 0 radical (unpaired) electrons. The molecule has 2 rings (SSSR count). The Morgan fingerprint density at radius 3 is 2.35 bits per heavy atom. The second-order valence-electron chi connectivity index (χ2n) is 4.66. The highest BCUT2D eigenvalue weighted by atomic mass is 35.5. The number of rotatable bonds is 3. The van der Waals surface area contributed by atoms with Crippen LogP contribution in [-0.4, -0.2) is 55.5 Å². The van der Waals surface area contributed by atoms with Gasteiger partial charge in [-0.15, -0.1) is 0 Å². The predicted octanol–water partition coefficient (Wildman–Crippen LogP) is 2.78. The first kappa shape index (κ1) is 15.4. The minimum absolute atomic E-state index is 0.120. The van der Waals surface area contributed by atoms with Crippen molar-refractivity contribution in [1.29, 1.82) is 0 Å². The number of hydrogen-bond acceptors (Lipinski definition) is 3. The molecule has 4 nitrogen and oxygen atoms in total. The third-order valence-electron chi connectivity index (χ3n) is 3.58. The first-order valence-electron chi connectivity index (χ1n) is 6.62. The second-order valence-corrected chi connectivity index (χ2v) is 5.48. The Kier molecular flexibility index (Phi) is 5.13. The summed E-state index contributed by atoms with van der Waals surface area (Å²) < 4.78 is 5.24. The molecule has 1 aromatic carbocycles. The van der Waals surface area contributed by atoms with E-state index in [4.69, 9.17) is 27.9 Å². The molecule has 1 aliphatic rings. The predicted molar refractivity (Wildman–Crippen MR) is 81.0 cm³/mol. The van der Waals surface area contributed by atoms with Gasteiger partial charge in [-0.25, -0.2) is 0 Å². The Labute approximate surface area is 129 Å². The summed E-state index contributed by atoms with van der Waals surface area (Å²) in [7, 11) is 1.49. The molecule has 0 bridgehead atoms. The number of carbonyl (C=O) groups is 1. The summed E-state index contributed by atoms with van der Waals surface area (Å²) in [6.45, 7) is 6.26. The quantitative estimate of drug-likeness (QED) is 0.859. The Hall–Kier alpha value is -0.970. The summed E-state index contributed by atoms with van der Waals surface area (Å²) in [5.74, 6) is 0.229. The lowest BCUT2D eigenvalue weighted by Crippen LogP contribution is -2.48. The molecule has 1 aliphatic heterocycles. The highest BCUT2D eigenvalue weighted by molar-refractivity contribution is 6.37. The molecule has 110 valence electrons. The van der Waals surface area contributed by atoms with E-state index in [1.54, 1.807) is 17.0 Å². The average molecular weight is 317 g/mol. The van der Waals surface area contributed by atoms with Crippen LogP contribution in [0.15, 0.2) is 12.1 Å². The van der Waals surface area contributed by atoms with Gasteiger partial charge in [0, 0.05) is 26.2 Å². The van der Waals surface area contributed by atoms with Gasteiger partial charge in [-0.05, 0) is 18.7 Å². The van der Waals surface area contributed by atoms with Gasteiger partial charge in [-0.1, -0.05) is 30.1 Å². The van der Waals surface area contributed by atoms with Crippen LogP contribution in [0.3, 0.4) is 0 Å². The van der Waals surface area contributed by atoms with E-state index in [0.29, 0.717) is 34.4 Å². The minimum atomic E-state index is -0.120. The van der Waals surface area contributed by atoms with Crippen LogP contribution < -0.4 is 4.74 Å². The Morgan fingerprint density at radius 1 is 1.20 bits per heavy atom. The molecule has 0 spiro atoms. The molecule has 0 aliphatic carbocycles. The van der Waals surface area contributed by atoms with Crippen LogP contribution in [0.5, 0.6) is 5.75 Å². The second kappa shape index (κ2) is 6.66. The molecule has 0 unspecified atom stereocenters. The van der Waals surface area contributed by atoms with Gasteiger partial charge in [0.2, 0.25) is 0 Å². The number of piperazine rings is 1. The van der Waals surface area contributed by atoms with E-state index in [2.05, 4.69) is 11.8 Å². The summed E-state index contributed by atoms with van der Waals surface area (Å²) in [5.41, 5.74) is 0.353. The Morgan fingerprint density at radius 2 is 1.80 bits per heavy atom. The zero-order chi connectivity index (χ0) is 14.7. The smallest absolute Gasteiger partial charge is 0.259 e. The molecule has 1 saturated heterocycles. The molecule has 0 atom stereocenters. The average Bonchev–Trinajstić information content (AvgIpc) is 2.48. The monoisotopic (exact) mass is 316 g/mol. The van der Waals surface area contributed by atoms with E-state index in [9.17, 15) is 4.79 Å².